The van der Waals surface area contributed by atoms with E-state index in [1.807, 2.05) is 24.3 Å². The van der Waals surface area contributed by atoms with Gasteiger partial charge in [0.2, 0.25) is 0 Å². The Morgan fingerprint density at radius 1 is 1.47 bits per heavy atom. The number of benzene rings is 1. The molecule has 0 aliphatic carbocycles. The van der Waals surface area contributed by atoms with Crippen LogP contribution in [0.25, 0.3) is 11.4 Å². The van der Waals surface area contributed by atoms with E-state index in [0.717, 1.165) is 11.3 Å². The van der Waals surface area contributed by atoms with Crippen molar-refractivity contribution in [3.05, 3.63) is 30.1 Å². The molecule has 2 heterocycles. The van der Waals surface area contributed by atoms with E-state index in [4.69, 9.17) is 10.5 Å². The van der Waals surface area contributed by atoms with Crippen LogP contribution >= 0.6 is 0 Å². The summed E-state index contributed by atoms with van der Waals surface area (Å²) >= 11 is 0. The number of hydrogen-bond donors (Lipinski definition) is 1. The van der Waals surface area contributed by atoms with Gasteiger partial charge in [0.25, 0.3) is 0 Å². The number of methoxy groups -OCH3 is 1. The molecular formula is C13H15FN4O. The molecule has 0 spiro atoms. The van der Waals surface area contributed by atoms with Crippen molar-refractivity contribution < 1.29 is 9.13 Å². The van der Waals surface area contributed by atoms with Crippen LogP contribution in [0, 0.1) is 0 Å². The first-order chi connectivity index (χ1) is 9.17. The smallest absolute Gasteiger partial charge is 0.181 e. The number of fused-ring (bicyclic) bond motifs is 1. The maximum atomic E-state index is 13.5. The van der Waals surface area contributed by atoms with E-state index in [-0.39, 0.29) is 6.54 Å². The van der Waals surface area contributed by atoms with Gasteiger partial charge < -0.3 is 10.5 Å². The van der Waals surface area contributed by atoms with Gasteiger partial charge in [-0.3, -0.25) is 0 Å². The number of aromatic nitrogens is 3. The molecule has 0 bridgehead atoms. The van der Waals surface area contributed by atoms with Gasteiger partial charge in [-0.2, -0.15) is 5.10 Å². The average molecular weight is 262 g/mol. The highest BCUT2D eigenvalue weighted by Gasteiger charge is 2.27. The Morgan fingerprint density at radius 2 is 2.32 bits per heavy atom. The van der Waals surface area contributed by atoms with Crippen LogP contribution in [-0.4, -0.2) is 28.0 Å². The summed E-state index contributed by atoms with van der Waals surface area (Å²) < 4.78 is 20.2. The van der Waals surface area contributed by atoms with E-state index in [0.29, 0.717) is 18.1 Å². The third-order valence-electron chi connectivity index (χ3n) is 3.24. The lowest BCUT2D eigenvalue weighted by Gasteiger charge is -2.21. The third-order valence-corrected chi connectivity index (χ3v) is 3.24. The maximum absolute atomic E-state index is 13.5. The molecule has 6 heteroatoms. The summed E-state index contributed by atoms with van der Waals surface area (Å²) in [4.78, 5) is 4.42. The largest absolute Gasteiger partial charge is 0.497 e. The van der Waals surface area contributed by atoms with Gasteiger partial charge in [-0.1, -0.05) is 12.1 Å². The number of nitrogens with zero attached hydrogens (tertiary/aromatic N) is 3. The van der Waals surface area contributed by atoms with Gasteiger partial charge in [-0.05, 0) is 12.1 Å². The van der Waals surface area contributed by atoms with Crippen molar-refractivity contribution in [2.45, 2.75) is 25.2 Å². The Hall–Kier alpha value is -1.95. The van der Waals surface area contributed by atoms with E-state index < -0.39 is 12.2 Å². The second kappa shape index (κ2) is 4.62. The molecule has 1 aromatic heterocycles. The molecule has 2 aromatic rings. The molecule has 5 nitrogen and oxygen atoms in total. The quantitative estimate of drug-likeness (QED) is 0.894. The van der Waals surface area contributed by atoms with Crippen molar-refractivity contribution in [2.75, 3.05) is 7.11 Å². The first-order valence-electron chi connectivity index (χ1n) is 6.16. The highest BCUT2D eigenvalue weighted by molar-refractivity contribution is 5.57. The number of hydrogen-bond acceptors (Lipinski definition) is 4. The van der Waals surface area contributed by atoms with Crippen LogP contribution in [-0.2, 0) is 6.54 Å². The minimum Gasteiger partial charge on any atom is -0.497 e. The SMILES string of the molecule is COc1cccc(-c2nc3n(n2)CC(F)CC3N)c1. The second-order valence-electron chi connectivity index (χ2n) is 4.65. The number of alkyl halides is 1. The molecule has 0 radical (unpaired) electrons. The van der Waals surface area contributed by atoms with E-state index in [2.05, 4.69) is 10.1 Å². The first-order valence-corrected chi connectivity index (χ1v) is 6.16. The predicted molar refractivity (Wildman–Crippen MR) is 68.5 cm³/mol. The molecule has 1 aliphatic rings. The average Bonchev–Trinajstić information content (AvgIpc) is 2.83. The Labute approximate surface area is 110 Å². The zero-order valence-electron chi connectivity index (χ0n) is 10.6. The number of halogens is 1. The summed E-state index contributed by atoms with van der Waals surface area (Å²) in [7, 11) is 1.61. The standard InChI is InChI=1S/C13H15FN4O/c1-19-10-4-2-3-8(5-10)12-16-13-11(15)6-9(14)7-18(13)17-12/h2-5,9,11H,6-7,15H2,1H3. The summed E-state index contributed by atoms with van der Waals surface area (Å²) in [6.45, 7) is 0.222. The fraction of sp³-hybridized carbons (Fsp3) is 0.385. The zero-order chi connectivity index (χ0) is 13.4. The lowest BCUT2D eigenvalue weighted by molar-refractivity contribution is 0.220. The molecule has 0 saturated heterocycles. The van der Waals surface area contributed by atoms with Crippen LogP contribution in [0.4, 0.5) is 4.39 Å². The molecule has 0 saturated carbocycles. The monoisotopic (exact) mass is 262 g/mol. The molecule has 1 aliphatic heterocycles. The minimum absolute atomic E-state index is 0.222. The summed E-state index contributed by atoms with van der Waals surface area (Å²) in [5.74, 6) is 1.93. The first kappa shape index (κ1) is 12.1. The fourth-order valence-electron chi connectivity index (χ4n) is 2.29. The summed E-state index contributed by atoms with van der Waals surface area (Å²) in [5, 5.41) is 4.33. The van der Waals surface area contributed by atoms with Gasteiger partial charge >= 0.3 is 0 Å². The second-order valence-corrected chi connectivity index (χ2v) is 4.65. The van der Waals surface area contributed by atoms with E-state index in [1.165, 1.54) is 0 Å². The summed E-state index contributed by atoms with van der Waals surface area (Å²) in [6, 6.07) is 7.06. The number of nitrogens with two attached hydrogens (primary N) is 1. The van der Waals surface area contributed by atoms with Gasteiger partial charge in [-0.15, -0.1) is 0 Å². The Balaban J connectivity index is 2.00. The molecule has 3 rings (SSSR count). The van der Waals surface area contributed by atoms with Gasteiger partial charge in [0.05, 0.1) is 19.7 Å². The molecule has 2 atom stereocenters. The van der Waals surface area contributed by atoms with Crippen LogP contribution in [0.15, 0.2) is 24.3 Å². The lowest BCUT2D eigenvalue weighted by atomic mass is 10.1. The Bertz CT molecular complexity index is 598. The summed E-state index contributed by atoms with van der Waals surface area (Å²) in [6.07, 6.45) is -0.654. The number of ether oxygens (including phenoxy) is 1. The normalized spacial score (nSPS) is 22.1. The Kier molecular flexibility index (Phi) is 2.94. The van der Waals surface area contributed by atoms with Crippen molar-refractivity contribution in [1.82, 2.24) is 14.8 Å². The van der Waals surface area contributed by atoms with Gasteiger partial charge in [0, 0.05) is 12.0 Å². The molecule has 2 unspecified atom stereocenters. The van der Waals surface area contributed by atoms with Crippen molar-refractivity contribution in [2.24, 2.45) is 5.73 Å². The predicted octanol–water partition coefficient (Wildman–Crippen LogP) is 1.70. The minimum atomic E-state index is -0.956. The highest BCUT2D eigenvalue weighted by Crippen LogP contribution is 2.27. The van der Waals surface area contributed by atoms with E-state index in [9.17, 15) is 4.39 Å². The molecule has 0 fully saturated rings. The molecular weight excluding hydrogens is 247 g/mol. The van der Waals surface area contributed by atoms with Crippen LogP contribution < -0.4 is 10.5 Å². The fourth-order valence-corrected chi connectivity index (χ4v) is 2.29. The van der Waals surface area contributed by atoms with Crippen molar-refractivity contribution >= 4 is 0 Å². The van der Waals surface area contributed by atoms with E-state index in [1.54, 1.807) is 11.8 Å². The molecule has 100 valence electrons. The van der Waals surface area contributed by atoms with E-state index >= 15 is 0 Å². The topological polar surface area (TPSA) is 66.0 Å². The van der Waals surface area contributed by atoms with Crippen LogP contribution in [0.5, 0.6) is 5.75 Å². The van der Waals surface area contributed by atoms with Crippen molar-refractivity contribution in [3.63, 3.8) is 0 Å². The van der Waals surface area contributed by atoms with Gasteiger partial charge in [0.1, 0.15) is 17.7 Å². The number of rotatable bonds is 2. The third kappa shape index (κ3) is 2.19. The zero-order valence-corrected chi connectivity index (χ0v) is 10.6. The lowest BCUT2D eigenvalue weighted by Crippen LogP contribution is -2.30. The van der Waals surface area contributed by atoms with Gasteiger partial charge in [0.15, 0.2) is 5.82 Å². The maximum Gasteiger partial charge on any atom is 0.181 e. The van der Waals surface area contributed by atoms with Crippen molar-refractivity contribution in [1.29, 1.82) is 0 Å². The molecule has 0 amide bonds. The van der Waals surface area contributed by atoms with Crippen molar-refractivity contribution in [3.8, 4) is 17.1 Å². The Morgan fingerprint density at radius 3 is 3.11 bits per heavy atom. The molecule has 1 aromatic carbocycles. The van der Waals surface area contributed by atoms with Crippen LogP contribution in [0.1, 0.15) is 18.3 Å². The molecule has 2 N–H and O–H groups in total. The van der Waals surface area contributed by atoms with Crippen LogP contribution in [0.3, 0.4) is 0 Å². The van der Waals surface area contributed by atoms with Crippen LogP contribution in [0.2, 0.25) is 0 Å². The summed E-state index contributed by atoms with van der Waals surface area (Å²) in [5.41, 5.74) is 6.73. The van der Waals surface area contributed by atoms with Gasteiger partial charge in [-0.25, -0.2) is 14.1 Å². The highest BCUT2D eigenvalue weighted by atomic mass is 19.1. The molecule has 19 heavy (non-hydrogen) atoms.